The number of carbonyl (C=O) groups is 2. The van der Waals surface area contributed by atoms with Crippen molar-refractivity contribution in [2.45, 2.75) is 46.1 Å². The third-order valence-corrected chi connectivity index (χ3v) is 3.12. The SMILES string of the molecule is Cc1nc(NC(=O)OC(C)(C)C)sc1CCC=O. The number of nitrogens with zero attached hydrogens (tertiary/aromatic N) is 1. The average molecular weight is 270 g/mol. The molecule has 18 heavy (non-hydrogen) atoms. The van der Waals surface area contributed by atoms with Crippen molar-refractivity contribution in [3.05, 3.63) is 10.6 Å². The number of hydrogen-bond acceptors (Lipinski definition) is 5. The van der Waals surface area contributed by atoms with Gasteiger partial charge in [0.2, 0.25) is 0 Å². The van der Waals surface area contributed by atoms with Crippen molar-refractivity contribution in [3.63, 3.8) is 0 Å². The highest BCUT2D eigenvalue weighted by Gasteiger charge is 2.17. The maximum Gasteiger partial charge on any atom is 0.413 e. The van der Waals surface area contributed by atoms with Crippen LogP contribution in [0.3, 0.4) is 0 Å². The highest BCUT2D eigenvalue weighted by molar-refractivity contribution is 7.15. The monoisotopic (exact) mass is 270 g/mol. The van der Waals surface area contributed by atoms with E-state index in [-0.39, 0.29) is 0 Å². The summed E-state index contributed by atoms with van der Waals surface area (Å²) in [4.78, 5) is 27.1. The Hall–Kier alpha value is -1.43. The van der Waals surface area contributed by atoms with Gasteiger partial charge in [0, 0.05) is 11.3 Å². The van der Waals surface area contributed by atoms with E-state index < -0.39 is 11.7 Å². The molecule has 0 saturated carbocycles. The van der Waals surface area contributed by atoms with Crippen LogP contribution in [0, 0.1) is 6.92 Å². The van der Waals surface area contributed by atoms with Crippen LogP contribution < -0.4 is 5.32 Å². The standard InChI is InChI=1S/C12H18N2O3S/c1-8-9(6-5-7-15)18-10(13-8)14-11(16)17-12(2,3)4/h7H,5-6H2,1-4H3,(H,13,14,16). The molecule has 1 N–H and O–H groups in total. The van der Waals surface area contributed by atoms with Crippen LogP contribution in [0.25, 0.3) is 0 Å². The lowest BCUT2D eigenvalue weighted by atomic mass is 10.2. The quantitative estimate of drug-likeness (QED) is 0.854. The molecule has 1 aromatic heterocycles. The first-order valence-electron chi connectivity index (χ1n) is 5.72. The molecular formula is C12H18N2O3S. The topological polar surface area (TPSA) is 68.3 Å². The molecule has 0 atom stereocenters. The molecule has 0 saturated heterocycles. The van der Waals surface area contributed by atoms with Gasteiger partial charge in [-0.05, 0) is 34.1 Å². The van der Waals surface area contributed by atoms with Gasteiger partial charge in [0.25, 0.3) is 0 Å². The number of anilines is 1. The van der Waals surface area contributed by atoms with Crippen molar-refractivity contribution < 1.29 is 14.3 Å². The summed E-state index contributed by atoms with van der Waals surface area (Å²) in [7, 11) is 0. The maximum absolute atomic E-state index is 11.5. The number of aromatic nitrogens is 1. The summed E-state index contributed by atoms with van der Waals surface area (Å²) in [5, 5.41) is 3.10. The van der Waals surface area contributed by atoms with Gasteiger partial charge in [-0.1, -0.05) is 0 Å². The maximum atomic E-state index is 11.5. The van der Waals surface area contributed by atoms with E-state index in [1.807, 2.05) is 6.92 Å². The number of aryl methyl sites for hydroxylation is 2. The van der Waals surface area contributed by atoms with E-state index in [4.69, 9.17) is 4.74 Å². The molecule has 0 aliphatic rings. The van der Waals surface area contributed by atoms with Gasteiger partial charge in [-0.2, -0.15) is 0 Å². The Bertz CT molecular complexity index is 435. The lowest BCUT2D eigenvalue weighted by Crippen LogP contribution is -2.27. The van der Waals surface area contributed by atoms with E-state index in [0.29, 0.717) is 18.0 Å². The Labute approximate surface area is 111 Å². The van der Waals surface area contributed by atoms with Crippen molar-refractivity contribution in [3.8, 4) is 0 Å². The number of amides is 1. The highest BCUT2D eigenvalue weighted by atomic mass is 32.1. The number of thiazole rings is 1. The molecule has 0 bridgehead atoms. The summed E-state index contributed by atoms with van der Waals surface area (Å²) in [5.41, 5.74) is 0.310. The molecule has 0 aliphatic heterocycles. The third kappa shape index (κ3) is 4.83. The van der Waals surface area contributed by atoms with Crippen LogP contribution in [0.4, 0.5) is 9.93 Å². The summed E-state index contributed by atoms with van der Waals surface area (Å²) < 4.78 is 5.13. The third-order valence-electron chi connectivity index (χ3n) is 1.99. The Kier molecular flexibility index (Phi) is 4.84. The number of aldehydes is 1. The van der Waals surface area contributed by atoms with Gasteiger partial charge in [0.1, 0.15) is 11.9 Å². The molecule has 0 radical (unpaired) electrons. The van der Waals surface area contributed by atoms with Crippen LogP contribution in [0.5, 0.6) is 0 Å². The number of ether oxygens (including phenoxy) is 1. The normalized spacial score (nSPS) is 11.1. The first-order chi connectivity index (χ1) is 8.31. The van der Waals surface area contributed by atoms with E-state index in [1.54, 1.807) is 20.8 Å². The van der Waals surface area contributed by atoms with Crippen molar-refractivity contribution in [1.82, 2.24) is 4.98 Å². The highest BCUT2D eigenvalue weighted by Crippen LogP contribution is 2.24. The molecular weight excluding hydrogens is 252 g/mol. The van der Waals surface area contributed by atoms with Gasteiger partial charge in [-0.15, -0.1) is 11.3 Å². The lowest BCUT2D eigenvalue weighted by Gasteiger charge is -2.18. The summed E-state index contributed by atoms with van der Waals surface area (Å²) in [6.07, 6.45) is 1.48. The van der Waals surface area contributed by atoms with Crippen LogP contribution >= 0.6 is 11.3 Å². The van der Waals surface area contributed by atoms with Crippen LogP contribution in [0.1, 0.15) is 37.8 Å². The molecule has 1 heterocycles. The zero-order valence-electron chi connectivity index (χ0n) is 11.1. The molecule has 0 aromatic carbocycles. The minimum absolute atomic E-state index is 0.467. The molecule has 5 nitrogen and oxygen atoms in total. The molecule has 0 spiro atoms. The van der Waals surface area contributed by atoms with E-state index in [9.17, 15) is 9.59 Å². The summed E-state index contributed by atoms with van der Waals surface area (Å²) in [6.45, 7) is 7.26. The van der Waals surface area contributed by atoms with Crippen molar-refractivity contribution >= 4 is 28.8 Å². The number of rotatable bonds is 4. The van der Waals surface area contributed by atoms with Crippen molar-refractivity contribution in [1.29, 1.82) is 0 Å². The minimum Gasteiger partial charge on any atom is -0.444 e. The van der Waals surface area contributed by atoms with Crippen LogP contribution in [-0.4, -0.2) is 23.0 Å². The van der Waals surface area contributed by atoms with Gasteiger partial charge < -0.3 is 9.53 Å². The predicted octanol–water partition coefficient (Wildman–Crippen LogP) is 2.93. The van der Waals surface area contributed by atoms with Crippen molar-refractivity contribution in [2.24, 2.45) is 0 Å². The number of hydrogen-bond donors (Lipinski definition) is 1. The Morgan fingerprint density at radius 1 is 1.50 bits per heavy atom. The fourth-order valence-electron chi connectivity index (χ4n) is 1.29. The van der Waals surface area contributed by atoms with Gasteiger partial charge in [-0.3, -0.25) is 5.32 Å². The molecule has 100 valence electrons. The smallest absolute Gasteiger partial charge is 0.413 e. The zero-order chi connectivity index (χ0) is 13.8. The predicted molar refractivity (Wildman–Crippen MR) is 71.1 cm³/mol. The van der Waals surface area contributed by atoms with E-state index >= 15 is 0 Å². The van der Waals surface area contributed by atoms with E-state index in [2.05, 4.69) is 10.3 Å². The fraction of sp³-hybridized carbons (Fsp3) is 0.583. The second kappa shape index (κ2) is 5.95. The number of carbonyl (C=O) groups excluding carboxylic acids is 2. The second-order valence-corrected chi connectivity index (χ2v) is 5.94. The fourth-order valence-corrected chi connectivity index (χ4v) is 2.26. The first kappa shape index (κ1) is 14.6. The van der Waals surface area contributed by atoms with Gasteiger partial charge in [0.05, 0.1) is 5.69 Å². The van der Waals surface area contributed by atoms with E-state index in [1.165, 1.54) is 11.3 Å². The Morgan fingerprint density at radius 3 is 2.72 bits per heavy atom. The Morgan fingerprint density at radius 2 is 2.17 bits per heavy atom. The van der Waals surface area contributed by atoms with Crippen LogP contribution in [0.15, 0.2) is 0 Å². The molecule has 1 aromatic rings. The van der Waals surface area contributed by atoms with Gasteiger partial charge >= 0.3 is 6.09 Å². The van der Waals surface area contributed by atoms with Crippen LogP contribution in [0.2, 0.25) is 0 Å². The minimum atomic E-state index is -0.531. The van der Waals surface area contributed by atoms with Crippen molar-refractivity contribution in [2.75, 3.05) is 5.32 Å². The largest absolute Gasteiger partial charge is 0.444 e. The van der Waals surface area contributed by atoms with Gasteiger partial charge in [0.15, 0.2) is 5.13 Å². The average Bonchev–Trinajstić information content (AvgIpc) is 2.52. The molecule has 1 amide bonds. The number of nitrogens with one attached hydrogen (secondary N) is 1. The zero-order valence-corrected chi connectivity index (χ0v) is 11.9. The van der Waals surface area contributed by atoms with Crippen LogP contribution in [-0.2, 0) is 16.0 Å². The summed E-state index contributed by atoms with van der Waals surface area (Å²) in [6, 6.07) is 0. The van der Waals surface area contributed by atoms with E-state index in [0.717, 1.165) is 16.9 Å². The Balaban J connectivity index is 2.62. The molecule has 0 unspecified atom stereocenters. The second-order valence-electron chi connectivity index (χ2n) is 4.86. The molecule has 0 fully saturated rings. The molecule has 6 heteroatoms. The first-order valence-corrected chi connectivity index (χ1v) is 6.53. The molecule has 0 aliphatic carbocycles. The summed E-state index contributed by atoms with van der Waals surface area (Å²) >= 11 is 1.37. The van der Waals surface area contributed by atoms with Gasteiger partial charge in [-0.25, -0.2) is 9.78 Å². The lowest BCUT2D eigenvalue weighted by molar-refractivity contribution is -0.107. The summed E-state index contributed by atoms with van der Waals surface area (Å²) in [5.74, 6) is 0. The molecule has 1 rings (SSSR count).